The number of hydrogen-bond donors (Lipinski definition) is 2. The van der Waals surface area contributed by atoms with Crippen molar-refractivity contribution in [2.24, 2.45) is 0 Å². The van der Waals surface area contributed by atoms with Crippen LogP contribution < -0.4 is 10.5 Å². The van der Waals surface area contributed by atoms with Gasteiger partial charge in [0.05, 0.1) is 11.4 Å². The maximum atomic E-state index is 13.5. The van der Waals surface area contributed by atoms with Crippen LogP contribution in [0.4, 0.5) is 15.8 Å². The van der Waals surface area contributed by atoms with Crippen LogP contribution in [0, 0.1) is 5.82 Å². The van der Waals surface area contributed by atoms with Gasteiger partial charge in [-0.05, 0) is 35.9 Å². The molecule has 0 aliphatic rings. The van der Waals surface area contributed by atoms with Gasteiger partial charge >= 0.3 is 0 Å². The molecule has 7 heteroatoms. The summed E-state index contributed by atoms with van der Waals surface area (Å²) in [5.74, 6) is -0.881. The zero-order valence-corrected chi connectivity index (χ0v) is 12.7. The number of hydrogen-bond acceptors (Lipinski definition) is 3. The molecule has 0 radical (unpaired) electrons. The predicted octanol–water partition coefficient (Wildman–Crippen LogP) is 3.11. The molecule has 0 unspecified atom stereocenters. The lowest BCUT2D eigenvalue weighted by molar-refractivity contribution is 0.598. The second-order valence-electron chi connectivity index (χ2n) is 4.23. The van der Waals surface area contributed by atoms with E-state index in [4.69, 9.17) is 5.73 Å². The number of nitrogen functional groups attached to an aromatic ring is 1. The third-order valence-electron chi connectivity index (χ3n) is 2.53. The fourth-order valence-corrected chi connectivity index (χ4v) is 3.17. The van der Waals surface area contributed by atoms with E-state index in [1.54, 1.807) is 24.3 Å². The first-order valence-electron chi connectivity index (χ1n) is 5.66. The van der Waals surface area contributed by atoms with Crippen molar-refractivity contribution < 1.29 is 12.8 Å². The van der Waals surface area contributed by atoms with Crippen molar-refractivity contribution in [2.45, 2.75) is 5.75 Å². The average Bonchev–Trinajstić information content (AvgIpc) is 2.36. The average molecular weight is 359 g/mol. The number of rotatable bonds is 4. The summed E-state index contributed by atoms with van der Waals surface area (Å²) in [5.41, 5.74) is 6.57. The Hall–Kier alpha value is -1.60. The number of sulfonamides is 1. The van der Waals surface area contributed by atoms with Gasteiger partial charge in [0.2, 0.25) is 10.0 Å². The van der Waals surface area contributed by atoms with Crippen molar-refractivity contribution in [3.8, 4) is 0 Å². The Kier molecular flexibility index (Phi) is 4.29. The molecule has 0 aliphatic heterocycles. The van der Waals surface area contributed by atoms with Crippen LogP contribution in [0.1, 0.15) is 5.56 Å². The minimum atomic E-state index is -3.69. The zero-order valence-electron chi connectivity index (χ0n) is 10.3. The normalized spacial score (nSPS) is 11.3. The highest BCUT2D eigenvalue weighted by Gasteiger charge is 2.14. The Morgan fingerprint density at radius 1 is 1.15 bits per heavy atom. The maximum Gasteiger partial charge on any atom is 0.237 e. The van der Waals surface area contributed by atoms with Crippen LogP contribution in [0.15, 0.2) is 46.9 Å². The van der Waals surface area contributed by atoms with Crippen molar-refractivity contribution in [3.05, 3.63) is 58.3 Å². The summed E-state index contributed by atoms with van der Waals surface area (Å²) in [6.07, 6.45) is 0. The van der Waals surface area contributed by atoms with Gasteiger partial charge in [-0.3, -0.25) is 4.72 Å². The zero-order chi connectivity index (χ0) is 14.8. The number of benzene rings is 2. The second kappa shape index (κ2) is 5.80. The molecule has 0 fully saturated rings. The molecular formula is C13H12BrFN2O2S. The van der Waals surface area contributed by atoms with Gasteiger partial charge in [-0.15, -0.1) is 0 Å². The van der Waals surface area contributed by atoms with Crippen molar-refractivity contribution in [1.29, 1.82) is 0 Å². The molecule has 0 atom stereocenters. The monoisotopic (exact) mass is 358 g/mol. The molecule has 3 N–H and O–H groups in total. The highest BCUT2D eigenvalue weighted by molar-refractivity contribution is 9.10. The smallest absolute Gasteiger partial charge is 0.237 e. The van der Waals surface area contributed by atoms with Crippen LogP contribution in [-0.4, -0.2) is 8.42 Å². The van der Waals surface area contributed by atoms with E-state index in [2.05, 4.69) is 20.7 Å². The van der Waals surface area contributed by atoms with Gasteiger partial charge in [0.1, 0.15) is 5.82 Å². The van der Waals surface area contributed by atoms with Gasteiger partial charge in [0.25, 0.3) is 0 Å². The number of nitrogens with one attached hydrogen (secondary N) is 1. The van der Waals surface area contributed by atoms with Gasteiger partial charge in [0, 0.05) is 10.2 Å². The molecule has 0 amide bonds. The van der Waals surface area contributed by atoms with E-state index in [9.17, 15) is 12.8 Å². The molecule has 20 heavy (non-hydrogen) atoms. The first kappa shape index (κ1) is 14.8. The van der Waals surface area contributed by atoms with E-state index in [1.807, 2.05) is 0 Å². The lowest BCUT2D eigenvalue weighted by Crippen LogP contribution is -2.16. The highest BCUT2D eigenvalue weighted by atomic mass is 79.9. The van der Waals surface area contributed by atoms with Crippen LogP contribution in [0.5, 0.6) is 0 Å². The molecule has 106 valence electrons. The van der Waals surface area contributed by atoms with E-state index in [0.717, 1.165) is 0 Å². The van der Waals surface area contributed by atoms with Crippen molar-refractivity contribution in [3.63, 3.8) is 0 Å². The molecule has 0 saturated carbocycles. The fourth-order valence-electron chi connectivity index (χ4n) is 1.61. The van der Waals surface area contributed by atoms with Crippen molar-refractivity contribution in [2.75, 3.05) is 10.5 Å². The minimum Gasteiger partial charge on any atom is -0.399 e. The van der Waals surface area contributed by atoms with Crippen LogP contribution in [0.3, 0.4) is 0 Å². The first-order valence-corrected chi connectivity index (χ1v) is 8.10. The molecule has 4 nitrogen and oxygen atoms in total. The summed E-state index contributed by atoms with van der Waals surface area (Å²) in [6.45, 7) is 0. The third kappa shape index (κ3) is 3.94. The maximum absolute atomic E-state index is 13.5. The fraction of sp³-hybridized carbons (Fsp3) is 0.0769. The standard InChI is InChI=1S/C13H12BrFN2O2S/c14-10-3-6-12(15)13(7-10)17-20(18,19)8-9-1-4-11(16)5-2-9/h1-7,17H,8,16H2. The second-order valence-corrected chi connectivity index (χ2v) is 6.86. The van der Waals surface area contributed by atoms with Gasteiger partial charge in [-0.2, -0.15) is 0 Å². The molecule has 2 rings (SSSR count). The number of halogens is 2. The summed E-state index contributed by atoms with van der Waals surface area (Å²) in [6, 6.07) is 10.5. The Labute approximate surface area is 125 Å². The van der Waals surface area contributed by atoms with Gasteiger partial charge in [-0.25, -0.2) is 12.8 Å². The van der Waals surface area contributed by atoms with Crippen LogP contribution >= 0.6 is 15.9 Å². The summed E-state index contributed by atoms with van der Waals surface area (Å²) in [7, 11) is -3.69. The number of anilines is 2. The number of nitrogens with two attached hydrogens (primary N) is 1. The summed E-state index contributed by atoms with van der Waals surface area (Å²) >= 11 is 3.16. The Morgan fingerprint density at radius 3 is 2.45 bits per heavy atom. The molecule has 0 bridgehead atoms. The van der Waals surface area contributed by atoms with Gasteiger partial charge in [0.15, 0.2) is 0 Å². The van der Waals surface area contributed by atoms with E-state index in [-0.39, 0.29) is 11.4 Å². The molecule has 2 aromatic carbocycles. The van der Waals surface area contributed by atoms with Crippen LogP contribution in [0.2, 0.25) is 0 Å². The highest BCUT2D eigenvalue weighted by Crippen LogP contribution is 2.22. The quantitative estimate of drug-likeness (QED) is 0.824. The minimum absolute atomic E-state index is 0.0881. The first-order chi connectivity index (χ1) is 9.35. The summed E-state index contributed by atoms with van der Waals surface area (Å²) < 4.78 is 40.3. The van der Waals surface area contributed by atoms with Gasteiger partial charge in [-0.1, -0.05) is 28.1 Å². The van der Waals surface area contributed by atoms with E-state index < -0.39 is 15.8 Å². The molecule has 0 aromatic heterocycles. The lowest BCUT2D eigenvalue weighted by Gasteiger charge is -2.09. The molecule has 0 aliphatic carbocycles. The topological polar surface area (TPSA) is 72.2 Å². The third-order valence-corrected chi connectivity index (χ3v) is 4.27. The van der Waals surface area contributed by atoms with Crippen molar-refractivity contribution in [1.82, 2.24) is 0 Å². The SMILES string of the molecule is Nc1ccc(CS(=O)(=O)Nc2cc(Br)ccc2F)cc1. The van der Waals surface area contributed by atoms with Crippen LogP contribution in [0.25, 0.3) is 0 Å². The Balaban J connectivity index is 2.19. The molecular weight excluding hydrogens is 347 g/mol. The molecule has 2 aromatic rings. The largest absolute Gasteiger partial charge is 0.399 e. The lowest BCUT2D eigenvalue weighted by atomic mass is 10.2. The molecule has 0 heterocycles. The summed E-state index contributed by atoms with van der Waals surface area (Å²) in [4.78, 5) is 0. The molecule has 0 spiro atoms. The van der Waals surface area contributed by atoms with E-state index in [0.29, 0.717) is 15.7 Å². The van der Waals surface area contributed by atoms with E-state index in [1.165, 1.54) is 18.2 Å². The Bertz CT molecular complexity index is 718. The van der Waals surface area contributed by atoms with Crippen molar-refractivity contribution >= 4 is 37.3 Å². The predicted molar refractivity (Wildman–Crippen MR) is 81.2 cm³/mol. The Morgan fingerprint density at radius 2 is 1.80 bits per heavy atom. The summed E-state index contributed by atoms with van der Waals surface area (Å²) in [5, 5.41) is 0. The van der Waals surface area contributed by atoms with Gasteiger partial charge < -0.3 is 5.73 Å². The van der Waals surface area contributed by atoms with Crippen LogP contribution in [-0.2, 0) is 15.8 Å². The molecule has 0 saturated heterocycles. The van der Waals surface area contributed by atoms with E-state index >= 15 is 0 Å².